The van der Waals surface area contributed by atoms with Crippen molar-refractivity contribution in [3.05, 3.63) is 72.6 Å². The van der Waals surface area contributed by atoms with Crippen molar-refractivity contribution >= 4 is 12.0 Å². The molecule has 0 bridgehead atoms. The zero-order valence-electron chi connectivity index (χ0n) is 24.3. The van der Waals surface area contributed by atoms with Crippen LogP contribution in [0.15, 0.2) is 60.9 Å². The van der Waals surface area contributed by atoms with E-state index in [0.29, 0.717) is 18.6 Å². The van der Waals surface area contributed by atoms with Crippen molar-refractivity contribution < 1.29 is 14.3 Å². The van der Waals surface area contributed by atoms with E-state index < -0.39 is 6.09 Å². The van der Waals surface area contributed by atoms with Crippen molar-refractivity contribution in [1.82, 2.24) is 35.1 Å². The summed E-state index contributed by atoms with van der Waals surface area (Å²) in [7, 11) is 3.45. The molecule has 218 valence electrons. The van der Waals surface area contributed by atoms with Gasteiger partial charge >= 0.3 is 6.09 Å². The van der Waals surface area contributed by atoms with Gasteiger partial charge in [-0.15, -0.1) is 0 Å². The van der Waals surface area contributed by atoms with Gasteiger partial charge in [0.15, 0.2) is 0 Å². The number of carbonyl (C=O) groups is 2. The van der Waals surface area contributed by atoms with E-state index in [-0.39, 0.29) is 18.5 Å². The summed E-state index contributed by atoms with van der Waals surface area (Å²) in [4.78, 5) is 44.5. The van der Waals surface area contributed by atoms with Gasteiger partial charge in [-0.2, -0.15) is 0 Å². The molecule has 3 atom stereocenters. The number of imidazole rings is 2. The summed E-state index contributed by atoms with van der Waals surface area (Å²) in [6.45, 7) is 2.80. The van der Waals surface area contributed by atoms with Crippen LogP contribution in [-0.4, -0.2) is 75.0 Å². The Balaban J connectivity index is 1.11. The molecule has 2 aliphatic rings. The molecule has 2 amide bonds. The van der Waals surface area contributed by atoms with Crippen LogP contribution in [0.2, 0.25) is 0 Å². The number of aromatic amines is 2. The van der Waals surface area contributed by atoms with Gasteiger partial charge in [0.2, 0.25) is 5.91 Å². The minimum absolute atomic E-state index is 0.0977. The van der Waals surface area contributed by atoms with Crippen LogP contribution in [0.3, 0.4) is 0 Å². The lowest BCUT2D eigenvalue weighted by Gasteiger charge is -2.23. The van der Waals surface area contributed by atoms with Crippen LogP contribution < -0.4 is 5.32 Å². The zero-order valence-corrected chi connectivity index (χ0v) is 24.3. The number of methoxy groups -OCH3 is 1. The lowest BCUT2D eigenvalue weighted by atomic mass is 10.0. The van der Waals surface area contributed by atoms with E-state index in [9.17, 15) is 9.59 Å². The second-order valence-electron chi connectivity index (χ2n) is 11.2. The molecule has 0 aliphatic carbocycles. The van der Waals surface area contributed by atoms with Crippen molar-refractivity contribution in [2.45, 2.75) is 50.7 Å². The number of nitrogens with zero attached hydrogens (tertiary/aromatic N) is 4. The molecule has 4 heterocycles. The molecule has 3 N–H and O–H groups in total. The molecule has 2 saturated heterocycles. The number of aromatic nitrogens is 4. The predicted octanol–water partition coefficient (Wildman–Crippen LogP) is 5.31. The standard InChI is InChI=1S/C32H37N7O3/c1-20-6-15-27(38(20)2)30-33-17-25(36-30)23-11-7-21(8-12-23)22-9-13-24(14-10-22)26-18-34-31(37-26)28-5-4-16-39(28)29(40)19-35-32(41)42-3/h7-14,17-18,20,27-28H,4-6,15-16,19H2,1-3H3,(H,33,36)(H,34,37)(H,35,41)/t20?,27?,28-/m0/s1. The second-order valence-corrected chi connectivity index (χ2v) is 11.2. The van der Waals surface area contributed by atoms with E-state index in [1.54, 1.807) is 4.90 Å². The molecule has 2 unspecified atom stereocenters. The molecule has 0 saturated carbocycles. The lowest BCUT2D eigenvalue weighted by molar-refractivity contribution is -0.131. The first-order valence-corrected chi connectivity index (χ1v) is 14.6. The van der Waals surface area contributed by atoms with Gasteiger partial charge in [0.25, 0.3) is 0 Å². The molecule has 2 aromatic heterocycles. The number of H-pyrrole nitrogens is 2. The molecule has 42 heavy (non-hydrogen) atoms. The molecule has 10 nitrogen and oxygen atoms in total. The molecular weight excluding hydrogens is 530 g/mol. The average Bonchev–Trinajstić information content (AvgIpc) is 3.84. The fourth-order valence-corrected chi connectivity index (χ4v) is 6.10. The minimum atomic E-state index is -0.618. The van der Waals surface area contributed by atoms with E-state index in [1.807, 2.05) is 12.4 Å². The van der Waals surface area contributed by atoms with E-state index in [0.717, 1.165) is 64.6 Å². The van der Waals surface area contributed by atoms with E-state index in [2.05, 4.69) is 92.4 Å². The number of benzene rings is 2. The number of alkyl carbamates (subject to hydrolysis) is 1. The second kappa shape index (κ2) is 11.8. The summed E-state index contributed by atoms with van der Waals surface area (Å²) < 4.78 is 4.57. The van der Waals surface area contributed by atoms with E-state index >= 15 is 0 Å². The van der Waals surface area contributed by atoms with Crippen LogP contribution in [-0.2, 0) is 9.53 Å². The Morgan fingerprint density at radius 3 is 1.93 bits per heavy atom. The van der Waals surface area contributed by atoms with Crippen molar-refractivity contribution in [2.75, 3.05) is 27.2 Å². The van der Waals surface area contributed by atoms with Crippen molar-refractivity contribution in [3.63, 3.8) is 0 Å². The Morgan fingerprint density at radius 1 is 0.857 bits per heavy atom. The Hall–Kier alpha value is -4.44. The molecule has 10 heteroatoms. The minimum Gasteiger partial charge on any atom is -0.453 e. The first kappa shape index (κ1) is 27.7. The highest BCUT2D eigenvalue weighted by atomic mass is 16.5. The lowest BCUT2D eigenvalue weighted by Crippen LogP contribution is -2.40. The van der Waals surface area contributed by atoms with Gasteiger partial charge in [-0.25, -0.2) is 14.8 Å². The fraction of sp³-hybridized carbons (Fsp3) is 0.375. The van der Waals surface area contributed by atoms with Gasteiger partial charge in [-0.1, -0.05) is 48.5 Å². The predicted molar refractivity (Wildman–Crippen MR) is 160 cm³/mol. The highest BCUT2D eigenvalue weighted by molar-refractivity contribution is 5.82. The number of amides is 2. The van der Waals surface area contributed by atoms with Gasteiger partial charge in [0.1, 0.15) is 18.2 Å². The summed E-state index contributed by atoms with van der Waals surface area (Å²) in [6.07, 6.45) is 7.18. The van der Waals surface area contributed by atoms with E-state index in [1.165, 1.54) is 13.5 Å². The Labute approximate surface area is 245 Å². The number of hydrogen-bond donors (Lipinski definition) is 3. The van der Waals surface area contributed by atoms with Gasteiger partial charge in [-0.3, -0.25) is 9.69 Å². The quantitative estimate of drug-likeness (QED) is 0.279. The SMILES string of the molecule is COC(=O)NCC(=O)N1CCC[C@H]1c1ncc(-c2ccc(-c3ccc(-c4cnc(C5CCC(C)N5C)[nH]4)cc3)cc2)[nH]1. The highest BCUT2D eigenvalue weighted by Gasteiger charge is 2.32. The number of ether oxygens (including phenoxy) is 1. The topological polar surface area (TPSA) is 119 Å². The monoisotopic (exact) mass is 567 g/mol. The molecule has 0 radical (unpaired) electrons. The summed E-state index contributed by atoms with van der Waals surface area (Å²) in [5, 5.41) is 2.47. The summed E-state index contributed by atoms with van der Waals surface area (Å²) in [5.74, 6) is 1.64. The van der Waals surface area contributed by atoms with Gasteiger partial charge in [0, 0.05) is 12.6 Å². The Kier molecular flexibility index (Phi) is 7.80. The molecular formula is C32H37N7O3. The van der Waals surface area contributed by atoms with Gasteiger partial charge < -0.3 is 24.9 Å². The smallest absolute Gasteiger partial charge is 0.407 e. The highest BCUT2D eigenvalue weighted by Crippen LogP contribution is 2.35. The number of hydrogen-bond acceptors (Lipinski definition) is 6. The van der Waals surface area contributed by atoms with Crippen LogP contribution in [0.1, 0.15) is 56.3 Å². The fourth-order valence-electron chi connectivity index (χ4n) is 6.10. The van der Waals surface area contributed by atoms with Gasteiger partial charge in [0.05, 0.1) is 43.0 Å². The molecule has 6 rings (SSSR count). The maximum absolute atomic E-state index is 12.7. The summed E-state index contributed by atoms with van der Waals surface area (Å²) >= 11 is 0. The maximum atomic E-state index is 12.7. The first-order valence-electron chi connectivity index (χ1n) is 14.6. The van der Waals surface area contributed by atoms with Crippen LogP contribution in [0.5, 0.6) is 0 Å². The Bertz CT molecular complexity index is 1540. The number of nitrogens with one attached hydrogen (secondary N) is 3. The number of likely N-dealkylation sites (tertiary alicyclic amines) is 2. The van der Waals surface area contributed by atoms with E-state index in [4.69, 9.17) is 4.98 Å². The zero-order chi connectivity index (χ0) is 29.2. The summed E-state index contributed by atoms with van der Waals surface area (Å²) in [5.41, 5.74) is 6.35. The van der Waals surface area contributed by atoms with Crippen LogP contribution in [0.4, 0.5) is 4.79 Å². The van der Waals surface area contributed by atoms with Crippen LogP contribution in [0.25, 0.3) is 33.6 Å². The number of carbonyl (C=O) groups excluding carboxylic acids is 2. The van der Waals surface area contributed by atoms with Gasteiger partial charge in [-0.05, 0) is 61.9 Å². The third-order valence-electron chi connectivity index (χ3n) is 8.73. The summed E-state index contributed by atoms with van der Waals surface area (Å²) in [6, 6.07) is 17.7. The molecule has 2 aliphatic heterocycles. The molecule has 4 aromatic rings. The largest absolute Gasteiger partial charge is 0.453 e. The van der Waals surface area contributed by atoms with Crippen LogP contribution in [0, 0.1) is 0 Å². The first-order chi connectivity index (χ1) is 20.4. The molecule has 2 aromatic carbocycles. The van der Waals surface area contributed by atoms with Crippen LogP contribution >= 0.6 is 0 Å². The molecule has 2 fully saturated rings. The third-order valence-corrected chi connectivity index (χ3v) is 8.73. The average molecular weight is 568 g/mol. The van der Waals surface area contributed by atoms with Crippen molar-refractivity contribution in [1.29, 1.82) is 0 Å². The number of rotatable bonds is 7. The maximum Gasteiger partial charge on any atom is 0.407 e. The van der Waals surface area contributed by atoms with Crippen molar-refractivity contribution in [3.8, 4) is 33.6 Å². The van der Waals surface area contributed by atoms with Crippen molar-refractivity contribution in [2.24, 2.45) is 0 Å². The normalized spacial score (nSPS) is 20.6. The Morgan fingerprint density at radius 2 is 1.40 bits per heavy atom. The molecule has 0 spiro atoms. The third kappa shape index (κ3) is 5.54.